The van der Waals surface area contributed by atoms with Gasteiger partial charge in [-0.15, -0.1) is 11.3 Å². The van der Waals surface area contributed by atoms with Crippen molar-refractivity contribution in [1.82, 2.24) is 14.9 Å². The summed E-state index contributed by atoms with van der Waals surface area (Å²) >= 11 is 1.48. The van der Waals surface area contributed by atoms with Crippen LogP contribution in [0.3, 0.4) is 0 Å². The van der Waals surface area contributed by atoms with E-state index in [9.17, 15) is 14.4 Å². The van der Waals surface area contributed by atoms with Crippen LogP contribution in [0, 0.1) is 5.92 Å². The molecule has 0 aromatic carbocycles. The molecule has 1 atom stereocenters. The number of amides is 2. The summed E-state index contributed by atoms with van der Waals surface area (Å²) in [6, 6.07) is 0. The van der Waals surface area contributed by atoms with Crippen LogP contribution in [-0.2, 0) is 23.9 Å². The van der Waals surface area contributed by atoms with Crippen LogP contribution in [0.1, 0.15) is 54.5 Å². The molecule has 30 heavy (non-hydrogen) atoms. The second kappa shape index (κ2) is 9.40. The number of ether oxygens (including phenoxy) is 2. The number of likely N-dealkylation sites (tertiary alicyclic amines) is 1. The maximum absolute atomic E-state index is 12.9. The van der Waals surface area contributed by atoms with Gasteiger partial charge in [0.05, 0.1) is 36.8 Å². The second-order valence-corrected chi connectivity index (χ2v) is 8.81. The molecule has 0 radical (unpaired) electrons. The molecule has 3 rings (SSSR count). The quantitative estimate of drug-likeness (QED) is 0.472. The Morgan fingerprint density at radius 3 is 2.53 bits per heavy atom. The van der Waals surface area contributed by atoms with Gasteiger partial charge in [0.2, 0.25) is 5.91 Å². The van der Waals surface area contributed by atoms with Gasteiger partial charge in [0.1, 0.15) is 5.69 Å². The van der Waals surface area contributed by atoms with Crippen molar-refractivity contribution in [1.29, 1.82) is 0 Å². The lowest BCUT2D eigenvalue weighted by Crippen LogP contribution is -2.58. The van der Waals surface area contributed by atoms with E-state index in [2.05, 4.69) is 4.98 Å². The highest BCUT2D eigenvalue weighted by Gasteiger charge is 2.58. The Morgan fingerprint density at radius 1 is 1.27 bits per heavy atom. The van der Waals surface area contributed by atoms with Crippen molar-refractivity contribution < 1.29 is 28.7 Å². The van der Waals surface area contributed by atoms with E-state index in [4.69, 9.17) is 14.3 Å². The van der Waals surface area contributed by atoms with Crippen LogP contribution in [0.4, 0.5) is 0 Å². The second-order valence-electron chi connectivity index (χ2n) is 7.92. The number of piperidine rings is 1. The number of methoxy groups -OCH3 is 2. The highest BCUT2D eigenvalue weighted by molar-refractivity contribution is 7.09. The van der Waals surface area contributed by atoms with Gasteiger partial charge in [-0.1, -0.05) is 13.8 Å². The number of thiazole rings is 1. The Labute approximate surface area is 180 Å². The van der Waals surface area contributed by atoms with Crippen LogP contribution in [0.5, 0.6) is 0 Å². The molecule has 2 saturated heterocycles. The zero-order valence-corrected chi connectivity index (χ0v) is 18.7. The van der Waals surface area contributed by atoms with Gasteiger partial charge >= 0.3 is 5.97 Å². The minimum atomic E-state index is -0.820. The molecule has 2 amide bonds. The van der Waals surface area contributed by atoms with Gasteiger partial charge in [-0.05, 0) is 12.8 Å². The maximum atomic E-state index is 12.9. The molecule has 1 aromatic heterocycles. The zero-order chi connectivity index (χ0) is 21.9. The molecule has 1 aromatic rings. The van der Waals surface area contributed by atoms with Crippen molar-refractivity contribution >= 4 is 29.1 Å². The average molecular weight is 440 g/mol. The number of hydrogen-bond acceptors (Lipinski definition) is 8. The van der Waals surface area contributed by atoms with Gasteiger partial charge in [-0.25, -0.2) is 10.0 Å². The Hall–Kier alpha value is -2.04. The summed E-state index contributed by atoms with van der Waals surface area (Å²) in [5.74, 6) is -1.16. The van der Waals surface area contributed by atoms with E-state index in [-0.39, 0.29) is 30.8 Å². The van der Waals surface area contributed by atoms with Crippen LogP contribution in [-0.4, -0.2) is 78.8 Å². The number of hydroxylamine groups is 2. The van der Waals surface area contributed by atoms with Crippen LogP contribution in [0.25, 0.3) is 0 Å². The average Bonchev–Trinajstić information content (AvgIpc) is 3.33. The van der Waals surface area contributed by atoms with Crippen molar-refractivity contribution in [3.8, 4) is 0 Å². The Kier molecular flexibility index (Phi) is 7.10. The molecule has 2 aliphatic heterocycles. The molecule has 3 heterocycles. The number of carbonyl (C=O) groups excluding carboxylic acids is 3. The summed E-state index contributed by atoms with van der Waals surface area (Å²) in [6.07, 6.45) is 0.897. The van der Waals surface area contributed by atoms with Crippen molar-refractivity contribution in [3.05, 3.63) is 16.1 Å². The van der Waals surface area contributed by atoms with Gasteiger partial charge in [-0.3, -0.25) is 19.2 Å². The fraction of sp³-hybridized carbons (Fsp3) is 0.700. The van der Waals surface area contributed by atoms with E-state index >= 15 is 0 Å². The van der Waals surface area contributed by atoms with Gasteiger partial charge in [0, 0.05) is 37.9 Å². The summed E-state index contributed by atoms with van der Waals surface area (Å²) in [6.45, 7) is 5.42. The third kappa shape index (κ3) is 4.21. The monoisotopic (exact) mass is 439 g/mol. The first kappa shape index (κ1) is 22.6. The van der Waals surface area contributed by atoms with Gasteiger partial charge in [0.25, 0.3) is 5.91 Å². The molecule has 0 aliphatic carbocycles. The maximum Gasteiger partial charge on any atom is 0.311 e. The fourth-order valence-electron chi connectivity index (χ4n) is 4.16. The number of rotatable bonds is 7. The van der Waals surface area contributed by atoms with Crippen molar-refractivity contribution in [3.63, 3.8) is 0 Å². The lowest BCUT2D eigenvalue weighted by molar-refractivity contribution is -0.226. The van der Waals surface area contributed by atoms with E-state index in [1.54, 1.807) is 17.4 Å². The van der Waals surface area contributed by atoms with Crippen LogP contribution < -0.4 is 0 Å². The Morgan fingerprint density at radius 2 is 1.97 bits per heavy atom. The van der Waals surface area contributed by atoms with Crippen LogP contribution >= 0.6 is 11.3 Å². The first-order chi connectivity index (χ1) is 14.3. The predicted octanol–water partition coefficient (Wildman–Crippen LogP) is 1.84. The van der Waals surface area contributed by atoms with E-state index < -0.39 is 17.4 Å². The first-order valence-electron chi connectivity index (χ1n) is 10.1. The lowest BCUT2D eigenvalue weighted by Gasteiger charge is -2.45. The normalized spacial score (nSPS) is 21.0. The topological polar surface area (TPSA) is 98.3 Å². The van der Waals surface area contributed by atoms with Gasteiger partial charge < -0.3 is 14.4 Å². The molecule has 0 bridgehead atoms. The van der Waals surface area contributed by atoms with Crippen LogP contribution in [0.15, 0.2) is 5.38 Å². The predicted molar refractivity (Wildman–Crippen MR) is 109 cm³/mol. The minimum absolute atomic E-state index is 0.0391. The first-order valence-corrected chi connectivity index (χ1v) is 11.0. The molecule has 0 N–H and O–H groups in total. The highest BCUT2D eigenvalue weighted by Crippen LogP contribution is 2.44. The molecular weight excluding hydrogens is 410 g/mol. The number of hydrogen-bond donors (Lipinski definition) is 0. The number of aromatic nitrogens is 1. The largest absolute Gasteiger partial charge is 0.469 e. The van der Waals surface area contributed by atoms with E-state index in [1.807, 2.05) is 13.8 Å². The summed E-state index contributed by atoms with van der Waals surface area (Å²) in [5.41, 5.74) is -0.375. The molecular formula is C20H29N3O6S. The van der Waals surface area contributed by atoms with Crippen molar-refractivity contribution in [2.45, 2.75) is 44.6 Å². The number of carbonyl (C=O) groups is 3. The van der Waals surface area contributed by atoms with Gasteiger partial charge in [-0.2, -0.15) is 0 Å². The van der Waals surface area contributed by atoms with E-state index in [0.29, 0.717) is 38.2 Å². The van der Waals surface area contributed by atoms with E-state index in [0.717, 1.165) is 5.01 Å². The third-order valence-electron chi connectivity index (χ3n) is 5.80. The number of nitrogens with zero attached hydrogens (tertiary/aromatic N) is 3. The summed E-state index contributed by atoms with van der Waals surface area (Å²) in [5, 5.41) is 4.06. The van der Waals surface area contributed by atoms with E-state index in [1.165, 1.54) is 23.5 Å². The van der Waals surface area contributed by atoms with Crippen molar-refractivity contribution in [2.75, 3.05) is 40.5 Å². The molecule has 2 fully saturated rings. The molecule has 1 unspecified atom stereocenters. The van der Waals surface area contributed by atoms with Crippen molar-refractivity contribution in [2.24, 2.45) is 5.92 Å². The summed E-state index contributed by atoms with van der Waals surface area (Å²) < 4.78 is 9.98. The Balaban J connectivity index is 1.76. The summed E-state index contributed by atoms with van der Waals surface area (Å²) in [7, 11) is 2.87. The standard InChI is InChI=1S/C20H29N3O6S/c1-13(2)17-21-15(12-30-17)18(25)22-7-5-20(6-8-22)14(19(26)28-4)11-16(24)23(20)29-10-9-27-3/h12-14H,5-11H2,1-4H3. The lowest BCUT2D eigenvalue weighted by atomic mass is 9.77. The zero-order valence-electron chi connectivity index (χ0n) is 17.9. The Bertz CT molecular complexity index is 787. The third-order valence-corrected chi connectivity index (χ3v) is 6.95. The fourth-order valence-corrected chi connectivity index (χ4v) is 4.97. The minimum Gasteiger partial charge on any atom is -0.469 e. The molecule has 1 spiro atoms. The molecule has 9 nitrogen and oxygen atoms in total. The highest BCUT2D eigenvalue weighted by atomic mass is 32.1. The molecule has 0 saturated carbocycles. The summed E-state index contributed by atoms with van der Waals surface area (Å²) in [4.78, 5) is 49.9. The SMILES string of the molecule is COCCON1C(=O)CC(C(=O)OC)C12CCN(C(=O)c1csc(C(C)C)n1)CC2. The van der Waals surface area contributed by atoms with Crippen LogP contribution in [0.2, 0.25) is 0 Å². The van der Waals surface area contributed by atoms with Gasteiger partial charge in [0.15, 0.2) is 0 Å². The smallest absolute Gasteiger partial charge is 0.311 e. The number of esters is 1. The molecule has 2 aliphatic rings. The molecule has 10 heteroatoms. The molecule has 166 valence electrons.